The van der Waals surface area contributed by atoms with E-state index in [1.54, 1.807) is 4.90 Å². The SMILES string of the molecule is CC(C)(C)OC(=O)N1CCNC(C2=CC2)C1. The van der Waals surface area contributed by atoms with Crippen LogP contribution in [0.1, 0.15) is 27.2 Å². The van der Waals surface area contributed by atoms with Gasteiger partial charge in [-0.05, 0) is 27.2 Å². The fourth-order valence-electron chi connectivity index (χ4n) is 1.83. The molecule has 0 radical (unpaired) electrons. The number of carbonyl (C=O) groups is 1. The van der Waals surface area contributed by atoms with Crippen LogP contribution in [-0.4, -0.2) is 42.3 Å². The van der Waals surface area contributed by atoms with E-state index in [0.717, 1.165) is 26.1 Å². The average Bonchev–Trinajstić information content (AvgIpc) is 2.98. The minimum Gasteiger partial charge on any atom is -0.444 e. The quantitative estimate of drug-likeness (QED) is 0.687. The minimum atomic E-state index is -0.406. The first-order chi connectivity index (χ1) is 7.46. The Balaban J connectivity index is 1.88. The second kappa shape index (κ2) is 4.09. The Bertz CT molecular complexity index is 317. The first-order valence-corrected chi connectivity index (χ1v) is 5.86. The van der Waals surface area contributed by atoms with Crippen LogP contribution < -0.4 is 5.32 Å². The molecule has 0 aromatic heterocycles. The highest BCUT2D eigenvalue weighted by molar-refractivity contribution is 5.68. The van der Waals surface area contributed by atoms with E-state index in [9.17, 15) is 4.79 Å². The molecule has 2 aliphatic rings. The van der Waals surface area contributed by atoms with Gasteiger partial charge in [-0.2, -0.15) is 0 Å². The molecule has 4 nitrogen and oxygen atoms in total. The molecule has 1 fully saturated rings. The zero-order chi connectivity index (χ0) is 11.8. The lowest BCUT2D eigenvalue weighted by Gasteiger charge is -2.34. The normalized spacial score (nSPS) is 25.1. The van der Waals surface area contributed by atoms with Gasteiger partial charge in [-0.3, -0.25) is 0 Å². The smallest absolute Gasteiger partial charge is 0.410 e. The number of hydrogen-bond acceptors (Lipinski definition) is 3. The summed E-state index contributed by atoms with van der Waals surface area (Å²) >= 11 is 0. The lowest BCUT2D eigenvalue weighted by molar-refractivity contribution is 0.0208. The Labute approximate surface area is 96.6 Å². The highest BCUT2D eigenvalue weighted by atomic mass is 16.6. The molecule has 1 atom stereocenters. The van der Waals surface area contributed by atoms with Gasteiger partial charge in [0.05, 0.1) is 0 Å². The third-order valence-electron chi connectivity index (χ3n) is 2.71. The van der Waals surface area contributed by atoms with Crippen molar-refractivity contribution in [3.8, 4) is 0 Å². The Morgan fingerprint density at radius 1 is 1.56 bits per heavy atom. The molecule has 1 aliphatic carbocycles. The van der Waals surface area contributed by atoms with Crippen LogP contribution >= 0.6 is 0 Å². The van der Waals surface area contributed by atoms with Crippen molar-refractivity contribution in [1.82, 2.24) is 10.2 Å². The summed E-state index contributed by atoms with van der Waals surface area (Å²) in [6.45, 7) is 8.01. The molecule has 1 saturated heterocycles. The number of rotatable bonds is 1. The van der Waals surface area contributed by atoms with Crippen molar-refractivity contribution < 1.29 is 9.53 Å². The molecule has 90 valence electrons. The molecule has 2 rings (SSSR count). The predicted octanol–water partition coefficient (Wildman–Crippen LogP) is 1.53. The van der Waals surface area contributed by atoms with Crippen LogP contribution in [0.3, 0.4) is 0 Å². The van der Waals surface area contributed by atoms with Crippen molar-refractivity contribution in [3.63, 3.8) is 0 Å². The van der Waals surface area contributed by atoms with Crippen LogP contribution in [0, 0.1) is 0 Å². The van der Waals surface area contributed by atoms with E-state index >= 15 is 0 Å². The molecule has 1 amide bonds. The molecule has 0 saturated carbocycles. The molecule has 1 N–H and O–H groups in total. The molecule has 0 spiro atoms. The molecule has 4 heteroatoms. The lowest BCUT2D eigenvalue weighted by atomic mass is 10.1. The summed E-state index contributed by atoms with van der Waals surface area (Å²) in [5.74, 6) is 0. The summed E-state index contributed by atoms with van der Waals surface area (Å²) in [5.41, 5.74) is 1.02. The summed E-state index contributed by atoms with van der Waals surface area (Å²) in [6, 6.07) is 0.348. The number of nitrogens with one attached hydrogen (secondary N) is 1. The molecule has 1 aliphatic heterocycles. The van der Waals surface area contributed by atoms with Crippen LogP contribution in [0.5, 0.6) is 0 Å². The van der Waals surface area contributed by atoms with E-state index in [1.165, 1.54) is 5.57 Å². The van der Waals surface area contributed by atoms with Crippen molar-refractivity contribution in [3.05, 3.63) is 11.6 Å². The second-order valence-corrected chi connectivity index (χ2v) is 5.42. The number of amides is 1. The highest BCUT2D eigenvalue weighted by Crippen LogP contribution is 2.24. The van der Waals surface area contributed by atoms with Gasteiger partial charge < -0.3 is 15.0 Å². The van der Waals surface area contributed by atoms with Crippen molar-refractivity contribution in [2.24, 2.45) is 0 Å². The summed E-state index contributed by atoms with van der Waals surface area (Å²) < 4.78 is 5.37. The number of piperazine rings is 1. The third-order valence-corrected chi connectivity index (χ3v) is 2.71. The average molecular weight is 224 g/mol. The molecule has 0 aromatic carbocycles. The largest absolute Gasteiger partial charge is 0.444 e. The van der Waals surface area contributed by atoms with Crippen LogP contribution in [0.2, 0.25) is 0 Å². The Morgan fingerprint density at radius 3 is 2.81 bits per heavy atom. The van der Waals surface area contributed by atoms with Gasteiger partial charge in [0.1, 0.15) is 5.60 Å². The summed E-state index contributed by atoms with van der Waals surface area (Å²) in [6.07, 6.45) is 3.11. The van der Waals surface area contributed by atoms with Gasteiger partial charge in [0, 0.05) is 25.7 Å². The maximum absolute atomic E-state index is 11.9. The number of nitrogens with zero attached hydrogens (tertiary/aromatic N) is 1. The van der Waals surface area contributed by atoms with Gasteiger partial charge >= 0.3 is 6.09 Å². The summed E-state index contributed by atoms with van der Waals surface area (Å²) in [7, 11) is 0. The maximum Gasteiger partial charge on any atom is 0.410 e. The zero-order valence-corrected chi connectivity index (χ0v) is 10.2. The van der Waals surface area contributed by atoms with Crippen molar-refractivity contribution in [2.45, 2.75) is 38.8 Å². The van der Waals surface area contributed by atoms with Gasteiger partial charge in [-0.15, -0.1) is 0 Å². The van der Waals surface area contributed by atoms with E-state index in [-0.39, 0.29) is 6.09 Å². The molecular formula is C12H20N2O2. The van der Waals surface area contributed by atoms with Crippen LogP contribution in [0.4, 0.5) is 4.79 Å². The Hall–Kier alpha value is -1.03. The Morgan fingerprint density at radius 2 is 2.25 bits per heavy atom. The molecule has 1 heterocycles. The number of hydrogen-bond donors (Lipinski definition) is 1. The standard InChI is InChI=1S/C12H20N2O2/c1-12(2,3)16-11(15)14-7-6-13-10(8-14)9-4-5-9/h4,10,13H,5-8H2,1-3H3. The number of carbonyl (C=O) groups excluding carboxylic acids is 1. The first kappa shape index (κ1) is 11.5. The van der Waals surface area contributed by atoms with Crippen molar-refractivity contribution in [2.75, 3.05) is 19.6 Å². The zero-order valence-electron chi connectivity index (χ0n) is 10.2. The van der Waals surface area contributed by atoms with Crippen molar-refractivity contribution in [1.29, 1.82) is 0 Å². The lowest BCUT2D eigenvalue weighted by Crippen LogP contribution is -2.53. The topological polar surface area (TPSA) is 41.6 Å². The molecule has 0 aromatic rings. The van der Waals surface area contributed by atoms with Crippen molar-refractivity contribution >= 4 is 6.09 Å². The third kappa shape index (κ3) is 2.98. The molecule has 0 bridgehead atoms. The monoisotopic (exact) mass is 224 g/mol. The van der Waals surface area contributed by atoms with Crippen LogP contribution in [0.15, 0.2) is 11.6 Å². The van der Waals surface area contributed by atoms with Gasteiger partial charge in [-0.25, -0.2) is 4.79 Å². The van der Waals surface area contributed by atoms with Gasteiger partial charge in [0.25, 0.3) is 0 Å². The van der Waals surface area contributed by atoms with Gasteiger partial charge in [0.2, 0.25) is 0 Å². The molecular weight excluding hydrogens is 204 g/mol. The van der Waals surface area contributed by atoms with E-state index in [4.69, 9.17) is 4.74 Å². The van der Waals surface area contributed by atoms with Gasteiger partial charge in [0.15, 0.2) is 0 Å². The summed E-state index contributed by atoms with van der Waals surface area (Å²) in [5, 5.41) is 3.41. The van der Waals surface area contributed by atoms with E-state index < -0.39 is 5.60 Å². The predicted molar refractivity (Wildman–Crippen MR) is 62.3 cm³/mol. The van der Waals surface area contributed by atoms with E-state index in [0.29, 0.717) is 6.04 Å². The maximum atomic E-state index is 11.9. The van der Waals surface area contributed by atoms with E-state index in [1.807, 2.05) is 20.8 Å². The second-order valence-electron chi connectivity index (χ2n) is 5.42. The fraction of sp³-hybridized carbons (Fsp3) is 0.750. The fourth-order valence-corrected chi connectivity index (χ4v) is 1.83. The highest BCUT2D eigenvalue weighted by Gasteiger charge is 2.30. The first-order valence-electron chi connectivity index (χ1n) is 5.86. The Kier molecular flexibility index (Phi) is 2.93. The van der Waals surface area contributed by atoms with Crippen LogP contribution in [-0.2, 0) is 4.74 Å². The summed E-state index contributed by atoms with van der Waals surface area (Å²) in [4.78, 5) is 13.7. The van der Waals surface area contributed by atoms with E-state index in [2.05, 4.69) is 11.4 Å². The van der Waals surface area contributed by atoms with Gasteiger partial charge in [-0.1, -0.05) is 11.6 Å². The molecule has 16 heavy (non-hydrogen) atoms. The van der Waals surface area contributed by atoms with Crippen LogP contribution in [0.25, 0.3) is 0 Å². The minimum absolute atomic E-state index is 0.194. The molecule has 1 unspecified atom stereocenters. The number of allylic oxidation sites excluding steroid dienone is 1. The number of ether oxygens (including phenoxy) is 1.